The number of nitrogens with zero attached hydrogens (tertiary/aromatic N) is 4. The van der Waals surface area contributed by atoms with Gasteiger partial charge < -0.3 is 19.3 Å². The molecule has 0 radical (unpaired) electrons. The maximum atomic E-state index is 10.6. The van der Waals surface area contributed by atoms with Gasteiger partial charge >= 0.3 is 5.97 Å². The lowest BCUT2D eigenvalue weighted by Gasteiger charge is -2.11. The predicted octanol–water partition coefficient (Wildman–Crippen LogP) is 0.205. The number of carbonyl (C=O) groups is 1. The van der Waals surface area contributed by atoms with E-state index in [1.165, 1.54) is 11.8 Å². The topological polar surface area (TPSA) is 80.5 Å². The molecule has 0 amide bonds. The van der Waals surface area contributed by atoms with Crippen LogP contribution in [0.3, 0.4) is 0 Å². The summed E-state index contributed by atoms with van der Waals surface area (Å²) in [5, 5.41) is 17.5. The van der Waals surface area contributed by atoms with Gasteiger partial charge in [-0.15, -0.1) is 10.2 Å². The van der Waals surface area contributed by atoms with Crippen LogP contribution < -0.4 is 0 Å². The molecule has 0 aliphatic carbocycles. The minimum Gasteiger partial charge on any atom is -0.481 e. The molecule has 0 aliphatic heterocycles. The Kier molecular flexibility index (Phi) is 6.82. The Balaban J connectivity index is 2.75. The summed E-state index contributed by atoms with van der Waals surface area (Å²) in [7, 11) is 5.62. The number of hydrogen-bond acceptors (Lipinski definition) is 6. The quantitative estimate of drug-likeness (QED) is 0.650. The molecule has 1 heterocycles. The highest BCUT2D eigenvalue weighted by Crippen LogP contribution is 2.17. The lowest BCUT2D eigenvalue weighted by Crippen LogP contribution is -2.18. The summed E-state index contributed by atoms with van der Waals surface area (Å²) in [6.45, 7) is 2.05. The minimum absolute atomic E-state index is 0.0151. The second kappa shape index (κ2) is 8.13. The van der Waals surface area contributed by atoms with E-state index >= 15 is 0 Å². The van der Waals surface area contributed by atoms with Crippen LogP contribution in [0.2, 0.25) is 0 Å². The number of likely N-dealkylation sites (N-methyl/N-ethyl adjacent to an activating group) is 1. The fourth-order valence-corrected chi connectivity index (χ4v) is 2.17. The molecule has 0 atom stereocenters. The summed E-state index contributed by atoms with van der Waals surface area (Å²) in [6, 6.07) is 0. The average Bonchev–Trinajstić information content (AvgIpc) is 2.73. The molecule has 19 heavy (non-hydrogen) atoms. The second-order valence-electron chi connectivity index (χ2n) is 4.28. The molecule has 0 saturated carbocycles. The lowest BCUT2D eigenvalue weighted by atomic mass is 10.4. The van der Waals surface area contributed by atoms with E-state index in [1.807, 2.05) is 18.7 Å². The van der Waals surface area contributed by atoms with E-state index in [-0.39, 0.29) is 5.75 Å². The average molecular weight is 288 g/mol. The Labute approximate surface area is 116 Å². The summed E-state index contributed by atoms with van der Waals surface area (Å²) in [5.41, 5.74) is 0. The molecule has 1 rings (SSSR count). The van der Waals surface area contributed by atoms with Crippen LogP contribution in [0.25, 0.3) is 0 Å². The molecule has 1 aromatic rings. The van der Waals surface area contributed by atoms with Gasteiger partial charge in [-0.25, -0.2) is 0 Å². The van der Waals surface area contributed by atoms with Crippen LogP contribution in [0.4, 0.5) is 0 Å². The first-order valence-electron chi connectivity index (χ1n) is 5.95. The monoisotopic (exact) mass is 288 g/mol. The molecule has 108 valence electrons. The maximum Gasteiger partial charge on any atom is 0.313 e. The standard InChI is InChI=1S/C11H20N4O3S/c1-14(2)5-4-9-12-13-11(19-8-10(16)17)15(9)6-7-18-3/h4-8H2,1-3H3,(H,16,17). The van der Waals surface area contributed by atoms with Crippen LogP contribution in [-0.4, -0.2) is 70.8 Å². The van der Waals surface area contributed by atoms with Crippen molar-refractivity contribution in [1.29, 1.82) is 0 Å². The van der Waals surface area contributed by atoms with E-state index in [4.69, 9.17) is 9.84 Å². The van der Waals surface area contributed by atoms with Crippen molar-refractivity contribution < 1.29 is 14.6 Å². The number of thioether (sulfide) groups is 1. The number of rotatable bonds is 9. The summed E-state index contributed by atoms with van der Waals surface area (Å²) in [6.07, 6.45) is 0.775. The maximum absolute atomic E-state index is 10.6. The second-order valence-corrected chi connectivity index (χ2v) is 5.22. The van der Waals surface area contributed by atoms with Crippen molar-refractivity contribution in [3.05, 3.63) is 5.82 Å². The molecule has 0 unspecified atom stereocenters. The third-order valence-electron chi connectivity index (χ3n) is 2.42. The van der Waals surface area contributed by atoms with E-state index in [1.54, 1.807) is 7.11 Å². The van der Waals surface area contributed by atoms with Gasteiger partial charge in [0.25, 0.3) is 0 Å². The number of hydrogen-bond donors (Lipinski definition) is 1. The highest BCUT2D eigenvalue weighted by Gasteiger charge is 2.13. The molecule has 0 saturated heterocycles. The van der Waals surface area contributed by atoms with Gasteiger partial charge in [0, 0.05) is 26.6 Å². The summed E-state index contributed by atoms with van der Waals surface area (Å²) >= 11 is 1.18. The van der Waals surface area contributed by atoms with Gasteiger partial charge in [0.1, 0.15) is 5.82 Å². The summed E-state index contributed by atoms with van der Waals surface area (Å²) in [4.78, 5) is 12.7. The summed E-state index contributed by atoms with van der Waals surface area (Å²) < 4.78 is 7.00. The van der Waals surface area contributed by atoms with Crippen molar-refractivity contribution in [3.8, 4) is 0 Å². The number of aromatic nitrogens is 3. The van der Waals surface area contributed by atoms with Gasteiger partial charge in [0.05, 0.1) is 12.4 Å². The molecule has 0 spiro atoms. The van der Waals surface area contributed by atoms with E-state index in [9.17, 15) is 4.79 Å². The SMILES string of the molecule is COCCn1c(CCN(C)C)nnc1SCC(=O)O. The Bertz CT molecular complexity index is 409. The van der Waals surface area contributed by atoms with Crippen molar-refractivity contribution in [1.82, 2.24) is 19.7 Å². The van der Waals surface area contributed by atoms with Crippen LogP contribution in [0.1, 0.15) is 5.82 Å². The van der Waals surface area contributed by atoms with Gasteiger partial charge in [-0.2, -0.15) is 0 Å². The first-order chi connectivity index (χ1) is 9.04. The lowest BCUT2D eigenvalue weighted by molar-refractivity contribution is -0.133. The number of ether oxygens (including phenoxy) is 1. The Hall–Kier alpha value is -1.12. The van der Waals surface area contributed by atoms with E-state index < -0.39 is 5.97 Å². The minimum atomic E-state index is -0.860. The van der Waals surface area contributed by atoms with Gasteiger partial charge in [0.2, 0.25) is 0 Å². The van der Waals surface area contributed by atoms with Crippen LogP contribution in [0, 0.1) is 0 Å². The molecule has 0 aromatic carbocycles. The number of carboxylic acid groups (broad SMARTS) is 1. The third kappa shape index (κ3) is 5.58. The summed E-state index contributed by atoms with van der Waals surface area (Å²) in [5.74, 6) is -0.0153. The van der Waals surface area contributed by atoms with Gasteiger partial charge in [0.15, 0.2) is 5.16 Å². The molecular formula is C11H20N4O3S. The molecule has 0 aliphatic rings. The number of aliphatic carboxylic acids is 1. The fraction of sp³-hybridized carbons (Fsp3) is 0.727. The van der Waals surface area contributed by atoms with Gasteiger partial charge in [-0.3, -0.25) is 4.79 Å². The van der Waals surface area contributed by atoms with Crippen LogP contribution >= 0.6 is 11.8 Å². The molecule has 1 aromatic heterocycles. The smallest absolute Gasteiger partial charge is 0.313 e. The Morgan fingerprint density at radius 2 is 2.21 bits per heavy atom. The molecule has 0 bridgehead atoms. The molecule has 1 N–H and O–H groups in total. The zero-order valence-electron chi connectivity index (χ0n) is 11.5. The fourth-order valence-electron chi connectivity index (χ4n) is 1.47. The van der Waals surface area contributed by atoms with Crippen molar-refractivity contribution in [2.24, 2.45) is 0 Å². The third-order valence-corrected chi connectivity index (χ3v) is 3.37. The van der Waals surface area contributed by atoms with Crippen molar-refractivity contribution in [2.45, 2.75) is 18.1 Å². The highest BCUT2D eigenvalue weighted by atomic mass is 32.2. The molecule has 0 fully saturated rings. The molecule has 7 nitrogen and oxygen atoms in total. The predicted molar refractivity (Wildman–Crippen MR) is 72.5 cm³/mol. The van der Waals surface area contributed by atoms with Crippen LogP contribution in [0.15, 0.2) is 5.16 Å². The zero-order valence-corrected chi connectivity index (χ0v) is 12.3. The van der Waals surface area contributed by atoms with Crippen molar-refractivity contribution >= 4 is 17.7 Å². The first kappa shape index (κ1) is 15.9. The van der Waals surface area contributed by atoms with Crippen LogP contribution in [0.5, 0.6) is 0 Å². The Morgan fingerprint density at radius 3 is 2.79 bits per heavy atom. The molecular weight excluding hydrogens is 268 g/mol. The van der Waals surface area contributed by atoms with E-state index in [2.05, 4.69) is 15.1 Å². The van der Waals surface area contributed by atoms with Crippen molar-refractivity contribution in [3.63, 3.8) is 0 Å². The molecule has 8 heteroatoms. The Morgan fingerprint density at radius 1 is 1.47 bits per heavy atom. The zero-order chi connectivity index (χ0) is 14.3. The van der Waals surface area contributed by atoms with E-state index in [0.717, 1.165) is 18.8 Å². The van der Waals surface area contributed by atoms with Crippen molar-refractivity contribution in [2.75, 3.05) is 40.1 Å². The highest BCUT2D eigenvalue weighted by molar-refractivity contribution is 7.99. The van der Waals surface area contributed by atoms with E-state index in [0.29, 0.717) is 18.3 Å². The van der Waals surface area contributed by atoms with Gasteiger partial charge in [-0.05, 0) is 14.1 Å². The normalized spacial score (nSPS) is 11.2. The largest absolute Gasteiger partial charge is 0.481 e. The first-order valence-corrected chi connectivity index (χ1v) is 6.93. The number of carboxylic acids is 1. The van der Waals surface area contributed by atoms with Gasteiger partial charge in [-0.1, -0.05) is 11.8 Å². The number of methoxy groups -OCH3 is 1. The van der Waals surface area contributed by atoms with Crippen LogP contribution in [-0.2, 0) is 22.5 Å².